The first-order valence-corrected chi connectivity index (χ1v) is 11.9. The minimum Gasteiger partial charge on any atom is -0.493 e. The van der Waals surface area contributed by atoms with Crippen molar-refractivity contribution in [3.05, 3.63) is 81.5 Å². The van der Waals surface area contributed by atoms with Crippen molar-refractivity contribution in [1.82, 2.24) is 19.2 Å². The third-order valence-corrected chi connectivity index (χ3v) is 5.88. The van der Waals surface area contributed by atoms with Crippen LogP contribution in [0.25, 0.3) is 16.9 Å². The van der Waals surface area contributed by atoms with E-state index in [4.69, 9.17) is 14.5 Å². The second-order valence-electron chi connectivity index (χ2n) is 8.26. The molecule has 2 heterocycles. The van der Waals surface area contributed by atoms with Gasteiger partial charge in [-0.25, -0.2) is 14.3 Å². The highest BCUT2D eigenvalue weighted by atomic mass is 16.5. The number of fused-ring (bicyclic) bond motifs is 1. The Hall–Kier alpha value is -3.94. The van der Waals surface area contributed by atoms with Crippen molar-refractivity contribution < 1.29 is 14.3 Å². The van der Waals surface area contributed by atoms with E-state index in [-0.39, 0.29) is 11.5 Å². The van der Waals surface area contributed by atoms with Crippen molar-refractivity contribution in [3.8, 4) is 17.1 Å². The minimum atomic E-state index is -0.365. The Morgan fingerprint density at radius 3 is 2.43 bits per heavy atom. The molecule has 4 rings (SSSR count). The standard InChI is InChI=1S/C27H30N4O4/c1-5-9-23-28-18(3)24-26(32)29-25(21-10-7-8-11-22(21)35-6-2)30(31(23)24)17-16-19-12-14-20(15-13-19)27(33)34-4/h7-8,10-15H,5-6,9,16-17H2,1-4H3. The topological polar surface area (TPSA) is 87.7 Å². The highest BCUT2D eigenvalue weighted by Crippen LogP contribution is 2.29. The molecule has 0 amide bonds. The maximum absolute atomic E-state index is 13.2. The molecule has 0 atom stereocenters. The van der Waals surface area contributed by atoms with E-state index in [9.17, 15) is 9.59 Å². The van der Waals surface area contributed by atoms with Crippen LogP contribution in [0.2, 0.25) is 0 Å². The summed E-state index contributed by atoms with van der Waals surface area (Å²) in [6.45, 7) is 6.91. The summed E-state index contributed by atoms with van der Waals surface area (Å²) in [5, 5.41) is 0. The van der Waals surface area contributed by atoms with E-state index in [2.05, 4.69) is 11.9 Å². The summed E-state index contributed by atoms with van der Waals surface area (Å²) < 4.78 is 14.6. The Balaban J connectivity index is 1.86. The fourth-order valence-corrected chi connectivity index (χ4v) is 4.27. The first kappa shape index (κ1) is 24.2. The van der Waals surface area contributed by atoms with Gasteiger partial charge in [0.1, 0.15) is 11.6 Å². The zero-order valence-corrected chi connectivity index (χ0v) is 20.6. The number of esters is 1. The zero-order valence-electron chi connectivity index (χ0n) is 20.6. The number of carbonyl (C=O) groups is 1. The SMILES string of the molecule is CCCc1nc(C)c2c(=O)nc(-c3ccccc3OCC)n(CCc3ccc(C(=O)OC)cc3)n12. The van der Waals surface area contributed by atoms with Crippen LogP contribution in [-0.4, -0.2) is 38.9 Å². The number of imidazole rings is 1. The monoisotopic (exact) mass is 474 g/mol. The molecule has 8 nitrogen and oxygen atoms in total. The lowest BCUT2D eigenvalue weighted by Crippen LogP contribution is -2.25. The predicted octanol–water partition coefficient (Wildman–Crippen LogP) is 4.25. The number of benzene rings is 2. The molecular formula is C27H30N4O4. The van der Waals surface area contributed by atoms with Crippen LogP contribution < -0.4 is 10.3 Å². The Labute approximate surface area is 204 Å². The Morgan fingerprint density at radius 2 is 1.74 bits per heavy atom. The molecule has 0 aliphatic heterocycles. The molecule has 0 spiro atoms. The summed E-state index contributed by atoms with van der Waals surface area (Å²) in [7, 11) is 1.37. The van der Waals surface area contributed by atoms with Crippen LogP contribution in [0.3, 0.4) is 0 Å². The number of aryl methyl sites for hydroxylation is 4. The molecule has 0 saturated carbocycles. The van der Waals surface area contributed by atoms with Crippen LogP contribution in [0.15, 0.2) is 53.3 Å². The van der Waals surface area contributed by atoms with E-state index >= 15 is 0 Å². The molecule has 2 aromatic heterocycles. The number of methoxy groups -OCH3 is 1. The van der Waals surface area contributed by atoms with Crippen LogP contribution in [0, 0.1) is 6.92 Å². The van der Waals surface area contributed by atoms with Crippen molar-refractivity contribution in [1.29, 1.82) is 0 Å². The van der Waals surface area contributed by atoms with Crippen LogP contribution in [0.1, 0.15) is 47.7 Å². The lowest BCUT2D eigenvalue weighted by atomic mass is 10.1. The van der Waals surface area contributed by atoms with Gasteiger partial charge in [-0.2, -0.15) is 4.98 Å². The van der Waals surface area contributed by atoms with Gasteiger partial charge < -0.3 is 9.47 Å². The fourth-order valence-electron chi connectivity index (χ4n) is 4.27. The number of para-hydroxylation sites is 1. The van der Waals surface area contributed by atoms with Crippen molar-refractivity contribution in [2.24, 2.45) is 0 Å². The molecule has 0 fully saturated rings. The summed E-state index contributed by atoms with van der Waals surface area (Å²) in [4.78, 5) is 34.2. The molecule has 0 radical (unpaired) electrons. The molecule has 8 heteroatoms. The smallest absolute Gasteiger partial charge is 0.337 e. The highest BCUT2D eigenvalue weighted by molar-refractivity contribution is 5.89. The van der Waals surface area contributed by atoms with Crippen LogP contribution in [0.5, 0.6) is 5.75 Å². The number of hydrogen-bond donors (Lipinski definition) is 0. The molecular weight excluding hydrogens is 444 g/mol. The third-order valence-electron chi connectivity index (χ3n) is 5.88. The van der Waals surface area contributed by atoms with Gasteiger partial charge in [-0.3, -0.25) is 9.48 Å². The molecule has 0 aliphatic rings. The van der Waals surface area contributed by atoms with Crippen molar-refractivity contribution in [3.63, 3.8) is 0 Å². The Bertz CT molecular complexity index is 1400. The van der Waals surface area contributed by atoms with Gasteiger partial charge >= 0.3 is 5.97 Å². The van der Waals surface area contributed by atoms with Crippen molar-refractivity contribution >= 4 is 11.5 Å². The molecule has 35 heavy (non-hydrogen) atoms. The van der Waals surface area contributed by atoms with E-state index < -0.39 is 0 Å². The van der Waals surface area contributed by atoms with Gasteiger partial charge in [0.15, 0.2) is 11.3 Å². The molecule has 0 unspecified atom stereocenters. The van der Waals surface area contributed by atoms with Crippen LogP contribution in [0.4, 0.5) is 0 Å². The molecule has 4 aromatic rings. The lowest BCUT2D eigenvalue weighted by molar-refractivity contribution is 0.0600. The molecule has 0 bridgehead atoms. The number of carbonyl (C=O) groups excluding carboxylic acids is 1. The maximum Gasteiger partial charge on any atom is 0.337 e. The van der Waals surface area contributed by atoms with Gasteiger partial charge in [-0.1, -0.05) is 31.2 Å². The molecule has 0 saturated heterocycles. The molecule has 2 aromatic carbocycles. The summed E-state index contributed by atoms with van der Waals surface area (Å²) in [6.07, 6.45) is 2.29. The summed E-state index contributed by atoms with van der Waals surface area (Å²) >= 11 is 0. The van der Waals surface area contributed by atoms with Gasteiger partial charge in [-0.15, -0.1) is 0 Å². The Kier molecular flexibility index (Phi) is 7.29. The quantitative estimate of drug-likeness (QED) is 0.337. The fraction of sp³-hybridized carbons (Fsp3) is 0.333. The number of nitrogens with zero attached hydrogens (tertiary/aromatic N) is 4. The van der Waals surface area contributed by atoms with Gasteiger partial charge in [0.25, 0.3) is 5.56 Å². The maximum atomic E-state index is 13.2. The zero-order chi connectivity index (χ0) is 24.9. The van der Waals surface area contributed by atoms with E-state index in [1.807, 2.05) is 59.4 Å². The van der Waals surface area contributed by atoms with E-state index in [0.29, 0.717) is 47.9 Å². The van der Waals surface area contributed by atoms with E-state index in [1.54, 1.807) is 12.1 Å². The average Bonchev–Trinajstić information content (AvgIpc) is 3.20. The number of aromatic nitrogens is 4. The second-order valence-corrected chi connectivity index (χ2v) is 8.26. The lowest BCUT2D eigenvalue weighted by Gasteiger charge is -2.19. The van der Waals surface area contributed by atoms with E-state index in [1.165, 1.54) is 7.11 Å². The van der Waals surface area contributed by atoms with Gasteiger partial charge in [0, 0.05) is 13.0 Å². The van der Waals surface area contributed by atoms with Crippen molar-refractivity contribution in [2.45, 2.75) is 46.6 Å². The number of ether oxygens (including phenoxy) is 2. The predicted molar refractivity (Wildman–Crippen MR) is 134 cm³/mol. The van der Waals surface area contributed by atoms with Gasteiger partial charge in [0.2, 0.25) is 0 Å². The molecule has 0 aliphatic carbocycles. The number of hydrogen-bond acceptors (Lipinski definition) is 6. The first-order valence-electron chi connectivity index (χ1n) is 11.9. The summed E-state index contributed by atoms with van der Waals surface area (Å²) in [5.41, 5.74) is 3.16. The highest BCUT2D eigenvalue weighted by Gasteiger charge is 2.21. The summed E-state index contributed by atoms with van der Waals surface area (Å²) in [5.74, 6) is 1.67. The normalized spacial score (nSPS) is 11.1. The number of rotatable bonds is 9. The first-order chi connectivity index (χ1) is 17.0. The van der Waals surface area contributed by atoms with Crippen LogP contribution in [-0.2, 0) is 24.1 Å². The van der Waals surface area contributed by atoms with E-state index in [0.717, 1.165) is 29.8 Å². The second kappa shape index (κ2) is 10.5. The largest absolute Gasteiger partial charge is 0.493 e. The van der Waals surface area contributed by atoms with Gasteiger partial charge in [-0.05, 0) is 56.5 Å². The van der Waals surface area contributed by atoms with Gasteiger partial charge in [0.05, 0.1) is 30.5 Å². The minimum absolute atomic E-state index is 0.308. The average molecular weight is 475 g/mol. The summed E-state index contributed by atoms with van der Waals surface area (Å²) in [6, 6.07) is 15.0. The Morgan fingerprint density at radius 1 is 1.00 bits per heavy atom. The third kappa shape index (κ3) is 4.82. The van der Waals surface area contributed by atoms with Crippen molar-refractivity contribution in [2.75, 3.05) is 13.7 Å². The molecule has 0 N–H and O–H groups in total. The van der Waals surface area contributed by atoms with Crippen LogP contribution >= 0.6 is 0 Å². The molecule has 182 valence electrons.